The smallest absolute Gasteiger partial charge is 0.127 e. The fourth-order valence-electron chi connectivity index (χ4n) is 0.962. The summed E-state index contributed by atoms with van der Waals surface area (Å²) in [6.07, 6.45) is 6.23. The summed E-state index contributed by atoms with van der Waals surface area (Å²) >= 11 is 0. The van der Waals surface area contributed by atoms with E-state index in [1.165, 1.54) is 12.7 Å². The SMILES string of the molecule is Nc1cc(-c2cncnc2)ncn1. The van der Waals surface area contributed by atoms with E-state index in [0.29, 0.717) is 5.82 Å². The summed E-state index contributed by atoms with van der Waals surface area (Å²) in [6, 6.07) is 1.68. The molecule has 13 heavy (non-hydrogen) atoms. The quantitative estimate of drug-likeness (QED) is 0.680. The molecule has 0 aliphatic heterocycles. The van der Waals surface area contributed by atoms with Gasteiger partial charge in [-0.05, 0) is 0 Å². The van der Waals surface area contributed by atoms with E-state index >= 15 is 0 Å². The monoisotopic (exact) mass is 173 g/mol. The van der Waals surface area contributed by atoms with Crippen LogP contribution in [-0.4, -0.2) is 19.9 Å². The number of nitrogens with zero attached hydrogens (tertiary/aromatic N) is 4. The van der Waals surface area contributed by atoms with Gasteiger partial charge in [-0.3, -0.25) is 0 Å². The lowest BCUT2D eigenvalue weighted by atomic mass is 10.2. The minimum absolute atomic E-state index is 0.439. The molecule has 0 saturated heterocycles. The van der Waals surface area contributed by atoms with E-state index in [0.717, 1.165) is 11.3 Å². The third-order valence-electron chi connectivity index (χ3n) is 1.54. The first-order chi connectivity index (χ1) is 6.36. The molecule has 2 aromatic heterocycles. The molecule has 0 atom stereocenters. The average Bonchev–Trinajstić information content (AvgIpc) is 2.19. The van der Waals surface area contributed by atoms with Gasteiger partial charge in [0.1, 0.15) is 18.5 Å². The number of nitrogen functional groups attached to an aromatic ring is 1. The van der Waals surface area contributed by atoms with Gasteiger partial charge in [0.25, 0.3) is 0 Å². The first-order valence-corrected chi connectivity index (χ1v) is 3.69. The Morgan fingerprint density at radius 1 is 1.00 bits per heavy atom. The van der Waals surface area contributed by atoms with Crippen LogP contribution in [0.5, 0.6) is 0 Å². The van der Waals surface area contributed by atoms with Crippen molar-refractivity contribution in [3.8, 4) is 11.3 Å². The van der Waals surface area contributed by atoms with Crippen LogP contribution in [0.3, 0.4) is 0 Å². The van der Waals surface area contributed by atoms with Gasteiger partial charge in [0, 0.05) is 24.0 Å². The van der Waals surface area contributed by atoms with Crippen molar-refractivity contribution in [2.75, 3.05) is 5.73 Å². The molecule has 0 bridgehead atoms. The molecule has 5 nitrogen and oxygen atoms in total. The highest BCUT2D eigenvalue weighted by atomic mass is 14.9. The molecular formula is C8H7N5. The van der Waals surface area contributed by atoms with Gasteiger partial charge in [-0.15, -0.1) is 0 Å². The molecule has 0 amide bonds. The molecule has 0 spiro atoms. The van der Waals surface area contributed by atoms with E-state index in [9.17, 15) is 0 Å². The number of anilines is 1. The van der Waals surface area contributed by atoms with Crippen molar-refractivity contribution < 1.29 is 0 Å². The molecule has 0 unspecified atom stereocenters. The molecule has 64 valence electrons. The van der Waals surface area contributed by atoms with Crippen molar-refractivity contribution in [2.24, 2.45) is 0 Å². The molecule has 0 aliphatic rings. The number of hydrogen-bond acceptors (Lipinski definition) is 5. The minimum Gasteiger partial charge on any atom is -0.384 e. The van der Waals surface area contributed by atoms with Gasteiger partial charge in [-0.25, -0.2) is 19.9 Å². The van der Waals surface area contributed by atoms with Gasteiger partial charge < -0.3 is 5.73 Å². The van der Waals surface area contributed by atoms with E-state index in [4.69, 9.17) is 5.73 Å². The fraction of sp³-hybridized carbons (Fsp3) is 0. The van der Waals surface area contributed by atoms with Gasteiger partial charge >= 0.3 is 0 Å². The van der Waals surface area contributed by atoms with Crippen molar-refractivity contribution in [1.82, 2.24) is 19.9 Å². The highest BCUT2D eigenvalue weighted by Gasteiger charge is 1.99. The average molecular weight is 173 g/mol. The van der Waals surface area contributed by atoms with E-state index in [2.05, 4.69) is 19.9 Å². The molecule has 0 aromatic carbocycles. The molecule has 2 heterocycles. The maximum absolute atomic E-state index is 5.50. The van der Waals surface area contributed by atoms with Crippen LogP contribution in [0, 0.1) is 0 Å². The van der Waals surface area contributed by atoms with E-state index in [1.807, 2.05) is 0 Å². The van der Waals surface area contributed by atoms with Crippen molar-refractivity contribution in [1.29, 1.82) is 0 Å². The van der Waals surface area contributed by atoms with Crippen LogP contribution in [0.4, 0.5) is 5.82 Å². The Kier molecular flexibility index (Phi) is 1.84. The second-order valence-electron chi connectivity index (χ2n) is 2.46. The largest absolute Gasteiger partial charge is 0.384 e. The van der Waals surface area contributed by atoms with Crippen molar-refractivity contribution in [3.05, 3.63) is 31.1 Å². The summed E-state index contributed by atoms with van der Waals surface area (Å²) in [5.74, 6) is 0.439. The Labute approximate surface area is 74.7 Å². The van der Waals surface area contributed by atoms with Crippen LogP contribution >= 0.6 is 0 Å². The lowest BCUT2D eigenvalue weighted by Crippen LogP contribution is -1.93. The molecule has 0 aliphatic carbocycles. The molecule has 0 saturated carbocycles. The predicted molar refractivity (Wildman–Crippen MR) is 47.5 cm³/mol. The molecule has 5 heteroatoms. The Morgan fingerprint density at radius 2 is 1.77 bits per heavy atom. The van der Waals surface area contributed by atoms with Gasteiger partial charge in [0.05, 0.1) is 5.69 Å². The first kappa shape index (κ1) is 7.60. The maximum atomic E-state index is 5.50. The molecule has 2 aromatic rings. The summed E-state index contributed by atoms with van der Waals surface area (Å²) in [6.45, 7) is 0. The zero-order valence-corrected chi connectivity index (χ0v) is 6.75. The first-order valence-electron chi connectivity index (χ1n) is 3.69. The van der Waals surface area contributed by atoms with Crippen LogP contribution in [0.1, 0.15) is 0 Å². The maximum Gasteiger partial charge on any atom is 0.127 e. The minimum atomic E-state index is 0.439. The Balaban J connectivity index is 2.48. The lowest BCUT2D eigenvalue weighted by Gasteiger charge is -1.98. The fourth-order valence-corrected chi connectivity index (χ4v) is 0.962. The van der Waals surface area contributed by atoms with Gasteiger partial charge in [0.15, 0.2) is 0 Å². The van der Waals surface area contributed by atoms with Crippen molar-refractivity contribution >= 4 is 5.82 Å². The highest BCUT2D eigenvalue weighted by Crippen LogP contribution is 2.14. The van der Waals surface area contributed by atoms with Crippen LogP contribution < -0.4 is 5.73 Å². The summed E-state index contributed by atoms with van der Waals surface area (Å²) in [5.41, 5.74) is 7.06. The summed E-state index contributed by atoms with van der Waals surface area (Å²) in [7, 11) is 0. The third kappa shape index (κ3) is 1.58. The number of aromatic nitrogens is 4. The normalized spacial score (nSPS) is 9.85. The second-order valence-corrected chi connectivity index (χ2v) is 2.46. The van der Waals surface area contributed by atoms with E-state index in [1.54, 1.807) is 18.5 Å². The standard InChI is InChI=1S/C8H7N5/c9-8-1-7(12-5-13-8)6-2-10-4-11-3-6/h1-5H,(H2,9,12,13). The number of nitrogens with two attached hydrogens (primary N) is 1. The highest BCUT2D eigenvalue weighted by molar-refractivity contribution is 5.58. The molecule has 0 radical (unpaired) electrons. The van der Waals surface area contributed by atoms with Crippen LogP contribution in [0.15, 0.2) is 31.1 Å². The summed E-state index contributed by atoms with van der Waals surface area (Å²) < 4.78 is 0. The number of hydrogen-bond donors (Lipinski definition) is 1. The third-order valence-corrected chi connectivity index (χ3v) is 1.54. The summed E-state index contributed by atoms with van der Waals surface area (Å²) in [4.78, 5) is 15.6. The lowest BCUT2D eigenvalue weighted by molar-refractivity contribution is 1.14. The Bertz CT molecular complexity index is 400. The molecule has 0 fully saturated rings. The van der Waals surface area contributed by atoms with Crippen molar-refractivity contribution in [2.45, 2.75) is 0 Å². The Hall–Kier alpha value is -2.04. The Morgan fingerprint density at radius 3 is 2.46 bits per heavy atom. The summed E-state index contributed by atoms with van der Waals surface area (Å²) in [5, 5.41) is 0. The van der Waals surface area contributed by atoms with Crippen LogP contribution in [0.25, 0.3) is 11.3 Å². The van der Waals surface area contributed by atoms with Crippen LogP contribution in [0.2, 0.25) is 0 Å². The topological polar surface area (TPSA) is 77.6 Å². The van der Waals surface area contributed by atoms with E-state index < -0.39 is 0 Å². The van der Waals surface area contributed by atoms with Gasteiger partial charge in [-0.1, -0.05) is 0 Å². The van der Waals surface area contributed by atoms with Gasteiger partial charge in [-0.2, -0.15) is 0 Å². The van der Waals surface area contributed by atoms with Crippen LogP contribution in [-0.2, 0) is 0 Å². The predicted octanol–water partition coefficient (Wildman–Crippen LogP) is 0.516. The zero-order chi connectivity index (χ0) is 9.10. The molecular weight excluding hydrogens is 166 g/mol. The number of rotatable bonds is 1. The molecule has 2 rings (SSSR count). The zero-order valence-electron chi connectivity index (χ0n) is 6.75. The van der Waals surface area contributed by atoms with E-state index in [-0.39, 0.29) is 0 Å². The second kappa shape index (κ2) is 3.14. The molecule has 2 N–H and O–H groups in total. The van der Waals surface area contributed by atoms with Gasteiger partial charge in [0.2, 0.25) is 0 Å². The van der Waals surface area contributed by atoms with Crippen molar-refractivity contribution in [3.63, 3.8) is 0 Å².